The normalized spacial score (nSPS) is 10.3. The fraction of sp³-hybridized carbons (Fsp3) is 0.0625. The smallest absolute Gasteiger partial charge is 0.137 e. The minimum absolute atomic E-state index is 0.408. The summed E-state index contributed by atoms with van der Waals surface area (Å²) in [6.07, 6.45) is 3.88. The lowest BCUT2D eigenvalue weighted by molar-refractivity contribution is 0.362. The van der Waals surface area contributed by atoms with Crippen LogP contribution in [0.5, 0.6) is 5.75 Å². The number of hydrogen-bond acceptors (Lipinski definition) is 2. The molecule has 2 rings (SSSR count). The minimum atomic E-state index is 0.408. The maximum atomic E-state index is 8.97. The van der Waals surface area contributed by atoms with Gasteiger partial charge in [0.2, 0.25) is 0 Å². The molecule has 0 fully saturated rings. The molecular weight excluding hydrogens is 258 g/mol. The SMILES string of the molecule is N#Cc1cc(Cl)ccc1OCC=Cc1ccccc1. The van der Waals surface area contributed by atoms with Crippen molar-refractivity contribution >= 4 is 17.7 Å². The summed E-state index contributed by atoms with van der Waals surface area (Å²) in [7, 11) is 0. The highest BCUT2D eigenvalue weighted by molar-refractivity contribution is 6.30. The van der Waals surface area contributed by atoms with Crippen LogP contribution in [0.1, 0.15) is 11.1 Å². The molecular formula is C16H12ClNO. The highest BCUT2D eigenvalue weighted by atomic mass is 35.5. The summed E-state index contributed by atoms with van der Waals surface area (Å²) < 4.78 is 5.54. The van der Waals surface area contributed by atoms with Crippen molar-refractivity contribution in [3.63, 3.8) is 0 Å². The molecule has 0 aromatic heterocycles. The van der Waals surface area contributed by atoms with Crippen LogP contribution >= 0.6 is 11.6 Å². The monoisotopic (exact) mass is 269 g/mol. The third kappa shape index (κ3) is 3.87. The fourth-order valence-electron chi connectivity index (χ4n) is 1.60. The lowest BCUT2D eigenvalue weighted by Gasteiger charge is -2.05. The Balaban J connectivity index is 1.97. The van der Waals surface area contributed by atoms with Crippen LogP contribution in [0.4, 0.5) is 0 Å². The summed E-state index contributed by atoms with van der Waals surface area (Å²) in [5, 5.41) is 9.50. The van der Waals surface area contributed by atoms with E-state index in [4.69, 9.17) is 21.6 Å². The minimum Gasteiger partial charge on any atom is -0.488 e. The van der Waals surface area contributed by atoms with E-state index in [0.717, 1.165) is 5.56 Å². The average Bonchev–Trinajstić information content (AvgIpc) is 2.46. The molecule has 0 amide bonds. The van der Waals surface area contributed by atoms with Gasteiger partial charge < -0.3 is 4.74 Å². The third-order valence-corrected chi connectivity index (χ3v) is 2.74. The van der Waals surface area contributed by atoms with E-state index >= 15 is 0 Å². The Morgan fingerprint density at radius 3 is 2.68 bits per heavy atom. The number of nitrogens with zero attached hydrogens (tertiary/aromatic N) is 1. The second kappa shape index (κ2) is 6.63. The standard InChI is InChI=1S/C16H12ClNO/c17-15-8-9-16(14(11-15)12-18)19-10-4-7-13-5-2-1-3-6-13/h1-9,11H,10H2. The van der Waals surface area contributed by atoms with Crippen LogP contribution in [0.25, 0.3) is 6.08 Å². The van der Waals surface area contributed by atoms with Crippen molar-refractivity contribution in [3.8, 4) is 11.8 Å². The lowest BCUT2D eigenvalue weighted by atomic mass is 10.2. The van der Waals surface area contributed by atoms with Gasteiger partial charge in [0.15, 0.2) is 0 Å². The maximum Gasteiger partial charge on any atom is 0.137 e. The first kappa shape index (κ1) is 13.2. The molecule has 0 N–H and O–H groups in total. The number of ether oxygens (including phenoxy) is 1. The van der Waals surface area contributed by atoms with Crippen molar-refractivity contribution in [2.75, 3.05) is 6.61 Å². The van der Waals surface area contributed by atoms with Crippen molar-refractivity contribution < 1.29 is 4.74 Å². The molecule has 94 valence electrons. The van der Waals surface area contributed by atoms with Crippen LogP contribution < -0.4 is 4.74 Å². The van der Waals surface area contributed by atoms with Crippen LogP contribution in [0, 0.1) is 11.3 Å². The molecule has 19 heavy (non-hydrogen) atoms. The topological polar surface area (TPSA) is 33.0 Å². The highest BCUT2D eigenvalue weighted by Crippen LogP contribution is 2.21. The average molecular weight is 270 g/mol. The maximum absolute atomic E-state index is 8.97. The van der Waals surface area contributed by atoms with Crippen LogP contribution in [0.2, 0.25) is 5.02 Å². The number of hydrogen-bond donors (Lipinski definition) is 0. The van der Waals surface area contributed by atoms with Gasteiger partial charge in [0.05, 0.1) is 5.56 Å². The van der Waals surface area contributed by atoms with Crippen LogP contribution in [-0.2, 0) is 0 Å². The number of halogens is 1. The Kier molecular flexibility index (Phi) is 4.60. The van der Waals surface area contributed by atoms with Gasteiger partial charge in [-0.2, -0.15) is 5.26 Å². The zero-order valence-electron chi connectivity index (χ0n) is 10.2. The molecule has 2 aromatic carbocycles. The van der Waals surface area contributed by atoms with Crippen LogP contribution in [0.15, 0.2) is 54.6 Å². The molecule has 2 aromatic rings. The zero-order valence-corrected chi connectivity index (χ0v) is 11.0. The van der Waals surface area contributed by atoms with E-state index in [1.165, 1.54) is 0 Å². The molecule has 0 aliphatic heterocycles. The molecule has 3 heteroatoms. The first-order valence-corrected chi connectivity index (χ1v) is 6.21. The van der Waals surface area contributed by atoms with Gasteiger partial charge in [0.1, 0.15) is 18.4 Å². The lowest BCUT2D eigenvalue weighted by Crippen LogP contribution is -1.95. The van der Waals surface area contributed by atoms with Crippen molar-refractivity contribution in [3.05, 3.63) is 70.8 Å². The summed E-state index contributed by atoms with van der Waals surface area (Å²) in [6.45, 7) is 0.408. The molecule has 0 spiro atoms. The Bertz CT molecular complexity index is 614. The van der Waals surface area contributed by atoms with E-state index in [1.807, 2.05) is 42.5 Å². The van der Waals surface area contributed by atoms with E-state index in [1.54, 1.807) is 18.2 Å². The molecule has 0 aliphatic rings. The van der Waals surface area contributed by atoms with E-state index in [-0.39, 0.29) is 0 Å². The summed E-state index contributed by atoms with van der Waals surface area (Å²) in [5.74, 6) is 0.546. The van der Waals surface area contributed by atoms with E-state index < -0.39 is 0 Å². The van der Waals surface area contributed by atoms with E-state index in [2.05, 4.69) is 6.07 Å². The summed E-state index contributed by atoms with van der Waals surface area (Å²) >= 11 is 5.82. The molecule has 0 atom stereocenters. The first-order chi connectivity index (χ1) is 9.29. The number of nitriles is 1. The van der Waals surface area contributed by atoms with Crippen molar-refractivity contribution in [2.45, 2.75) is 0 Å². The van der Waals surface area contributed by atoms with Crippen molar-refractivity contribution in [2.24, 2.45) is 0 Å². The van der Waals surface area contributed by atoms with Crippen molar-refractivity contribution in [1.29, 1.82) is 5.26 Å². The van der Waals surface area contributed by atoms with Crippen molar-refractivity contribution in [1.82, 2.24) is 0 Å². The zero-order chi connectivity index (χ0) is 13.5. The Morgan fingerprint density at radius 2 is 1.95 bits per heavy atom. The van der Waals surface area contributed by atoms with Gasteiger partial charge in [0.25, 0.3) is 0 Å². The molecule has 0 bridgehead atoms. The van der Waals surface area contributed by atoms with E-state index in [9.17, 15) is 0 Å². The van der Waals surface area contributed by atoms with Gasteiger partial charge in [-0.3, -0.25) is 0 Å². The van der Waals surface area contributed by atoms with Gasteiger partial charge >= 0.3 is 0 Å². The molecule has 0 radical (unpaired) electrons. The summed E-state index contributed by atoms with van der Waals surface area (Å²) in [6, 6.07) is 17.0. The Labute approximate surface area is 117 Å². The highest BCUT2D eigenvalue weighted by Gasteiger charge is 2.02. The van der Waals surface area contributed by atoms with Gasteiger partial charge in [-0.25, -0.2) is 0 Å². The third-order valence-electron chi connectivity index (χ3n) is 2.51. The Morgan fingerprint density at radius 1 is 1.16 bits per heavy atom. The molecule has 0 saturated heterocycles. The molecule has 0 unspecified atom stereocenters. The van der Waals surface area contributed by atoms with Gasteiger partial charge in [0, 0.05) is 5.02 Å². The number of rotatable bonds is 4. The quantitative estimate of drug-likeness (QED) is 0.829. The van der Waals surface area contributed by atoms with Gasteiger partial charge in [-0.1, -0.05) is 48.0 Å². The first-order valence-electron chi connectivity index (χ1n) is 5.83. The predicted octanol–water partition coefficient (Wildman–Crippen LogP) is 4.30. The van der Waals surface area contributed by atoms with Gasteiger partial charge in [-0.05, 0) is 29.8 Å². The van der Waals surface area contributed by atoms with Gasteiger partial charge in [-0.15, -0.1) is 0 Å². The predicted molar refractivity (Wildman–Crippen MR) is 77.1 cm³/mol. The molecule has 2 nitrogen and oxygen atoms in total. The number of benzene rings is 2. The summed E-state index contributed by atoms with van der Waals surface area (Å²) in [4.78, 5) is 0. The molecule has 0 saturated carbocycles. The van der Waals surface area contributed by atoms with Crippen LogP contribution in [-0.4, -0.2) is 6.61 Å². The Hall–Kier alpha value is -2.24. The largest absolute Gasteiger partial charge is 0.488 e. The fourth-order valence-corrected chi connectivity index (χ4v) is 1.77. The second-order valence-electron chi connectivity index (χ2n) is 3.88. The molecule has 0 aliphatic carbocycles. The van der Waals surface area contributed by atoms with E-state index in [0.29, 0.717) is 22.9 Å². The summed E-state index contributed by atoms with van der Waals surface area (Å²) in [5.41, 5.74) is 1.56. The second-order valence-corrected chi connectivity index (χ2v) is 4.31. The molecule has 0 heterocycles. The van der Waals surface area contributed by atoms with Crippen LogP contribution in [0.3, 0.4) is 0 Å².